The number of aryl methyl sites for hydroxylation is 2. The Labute approximate surface area is 245 Å². The van der Waals surface area contributed by atoms with Gasteiger partial charge in [-0.2, -0.15) is 0 Å². The van der Waals surface area contributed by atoms with Gasteiger partial charge in [-0.05, 0) is 82.1 Å². The Morgan fingerprint density at radius 1 is 1.17 bits per heavy atom. The molecule has 214 valence electrons. The smallest absolute Gasteiger partial charge is 0.251 e. The Balaban J connectivity index is 1.44. The molecule has 2 aromatic carbocycles. The van der Waals surface area contributed by atoms with Crippen molar-refractivity contribution in [1.29, 1.82) is 5.41 Å². The number of hydrogen-bond donors (Lipinski definition) is 4. The van der Waals surface area contributed by atoms with Crippen LogP contribution in [0, 0.1) is 12.3 Å². The quantitative estimate of drug-likeness (QED) is 0.312. The molecule has 4 N–H and O–H groups in total. The molecule has 0 bridgehead atoms. The molecule has 0 spiro atoms. The molecule has 2 heterocycles. The van der Waals surface area contributed by atoms with Crippen molar-refractivity contribution in [2.24, 2.45) is 0 Å². The molecule has 1 fully saturated rings. The summed E-state index contributed by atoms with van der Waals surface area (Å²) in [6.07, 6.45) is 4.95. The van der Waals surface area contributed by atoms with Crippen molar-refractivity contribution in [2.75, 3.05) is 39.6 Å². The second-order valence-electron chi connectivity index (χ2n) is 10.6. The maximum Gasteiger partial charge on any atom is 0.251 e. The third kappa shape index (κ3) is 6.06. The second kappa shape index (κ2) is 12.3. The van der Waals surface area contributed by atoms with Gasteiger partial charge in [-0.1, -0.05) is 29.8 Å². The number of amides is 1. The van der Waals surface area contributed by atoms with Gasteiger partial charge < -0.3 is 31.0 Å². The lowest BCUT2D eigenvalue weighted by Crippen LogP contribution is -2.43. The van der Waals surface area contributed by atoms with E-state index in [-0.39, 0.29) is 11.9 Å². The van der Waals surface area contributed by atoms with Crippen molar-refractivity contribution in [3.8, 4) is 5.75 Å². The van der Waals surface area contributed by atoms with E-state index in [2.05, 4.69) is 32.9 Å². The van der Waals surface area contributed by atoms with Crippen molar-refractivity contribution in [3.05, 3.63) is 75.6 Å². The minimum absolute atomic E-state index is 0.114. The van der Waals surface area contributed by atoms with Crippen LogP contribution in [0.2, 0.25) is 5.02 Å². The Morgan fingerprint density at radius 3 is 2.68 bits per heavy atom. The lowest BCUT2D eigenvalue weighted by molar-refractivity contribution is 0.0916. The number of piperidine rings is 1. The predicted molar refractivity (Wildman–Crippen MR) is 164 cm³/mol. The van der Waals surface area contributed by atoms with Gasteiger partial charge in [-0.15, -0.1) is 0 Å². The number of likely N-dealkylation sites (tertiary alicyclic amines) is 1. The third-order valence-corrected chi connectivity index (χ3v) is 8.27. The average molecular weight is 574 g/mol. The first-order valence-corrected chi connectivity index (χ1v) is 14.2. The van der Waals surface area contributed by atoms with Crippen molar-refractivity contribution < 1.29 is 9.53 Å². The summed E-state index contributed by atoms with van der Waals surface area (Å²) in [7, 11) is 5.50. The zero-order valence-electron chi connectivity index (χ0n) is 23.9. The van der Waals surface area contributed by atoms with Crippen LogP contribution >= 0.6 is 11.6 Å². The fraction of sp³-hybridized carbons (Fsp3) is 0.355. The van der Waals surface area contributed by atoms with Crippen molar-refractivity contribution in [1.82, 2.24) is 25.5 Å². The van der Waals surface area contributed by atoms with Gasteiger partial charge in [0.15, 0.2) is 0 Å². The number of carbonyl (C=O) groups is 1. The van der Waals surface area contributed by atoms with Crippen LogP contribution in [0.15, 0.2) is 42.6 Å². The van der Waals surface area contributed by atoms with Crippen LogP contribution in [-0.2, 0) is 6.42 Å². The summed E-state index contributed by atoms with van der Waals surface area (Å²) in [6.45, 7) is 3.91. The molecule has 1 amide bonds. The van der Waals surface area contributed by atoms with Crippen LogP contribution in [0.25, 0.3) is 11.3 Å². The van der Waals surface area contributed by atoms with Gasteiger partial charge in [0.25, 0.3) is 5.91 Å². The van der Waals surface area contributed by atoms with Gasteiger partial charge in [-0.25, -0.2) is 9.97 Å². The molecule has 0 radical (unpaired) electrons. The zero-order chi connectivity index (χ0) is 29.1. The molecular weight excluding hydrogens is 538 g/mol. The number of fused-ring (bicyclic) bond motifs is 1. The largest absolute Gasteiger partial charge is 0.495 e. The molecule has 0 saturated carbocycles. The Bertz CT molecular complexity index is 1510. The number of benzene rings is 2. The third-order valence-electron chi connectivity index (χ3n) is 7.77. The highest BCUT2D eigenvalue weighted by Crippen LogP contribution is 2.36. The maximum absolute atomic E-state index is 12.9. The fourth-order valence-electron chi connectivity index (χ4n) is 5.38. The van der Waals surface area contributed by atoms with Crippen molar-refractivity contribution in [3.63, 3.8) is 0 Å². The van der Waals surface area contributed by atoms with E-state index in [1.807, 2.05) is 32.2 Å². The van der Waals surface area contributed by atoms with Gasteiger partial charge >= 0.3 is 0 Å². The number of hydrogen-bond acceptors (Lipinski definition) is 8. The molecule has 41 heavy (non-hydrogen) atoms. The maximum atomic E-state index is 12.9. The first kappa shape index (κ1) is 28.6. The average Bonchev–Trinajstić information content (AvgIpc) is 2.98. The van der Waals surface area contributed by atoms with Crippen LogP contribution in [0.5, 0.6) is 5.75 Å². The van der Waals surface area contributed by atoms with Gasteiger partial charge in [0, 0.05) is 41.7 Å². The Kier molecular flexibility index (Phi) is 8.56. The standard InChI is InChI=1S/C31H36ClN7O2/c1-18-6-5-7-22(27(18)32)29(34-2)26-23(33)10-8-20-17-35-31(38-28(20)26)37-24-11-9-19(16-25(24)41-4)30(40)36-21-12-14-39(3)15-13-21/h5-7,9,11,16-17,21,33-34H,8,10,12-15H2,1-4H3,(H,36,40)(H,35,37,38)/b29-26+,33-23?. The minimum Gasteiger partial charge on any atom is -0.495 e. The monoisotopic (exact) mass is 573 g/mol. The van der Waals surface area contributed by atoms with Crippen LogP contribution in [0.3, 0.4) is 0 Å². The van der Waals surface area contributed by atoms with Crippen molar-refractivity contribution >= 4 is 46.1 Å². The highest BCUT2D eigenvalue weighted by Gasteiger charge is 2.27. The lowest BCUT2D eigenvalue weighted by Gasteiger charge is -2.29. The number of halogens is 1. The number of carbonyl (C=O) groups excluding carboxylic acids is 1. The van der Waals surface area contributed by atoms with E-state index in [1.165, 1.54) is 0 Å². The molecule has 3 aromatic rings. The Hall–Kier alpha value is -3.95. The zero-order valence-corrected chi connectivity index (χ0v) is 24.7. The lowest BCUT2D eigenvalue weighted by atomic mass is 9.87. The molecule has 1 saturated heterocycles. The molecule has 2 aliphatic rings. The number of anilines is 2. The summed E-state index contributed by atoms with van der Waals surface area (Å²) in [6, 6.07) is 11.3. The summed E-state index contributed by atoms with van der Waals surface area (Å²) < 4.78 is 5.63. The van der Waals surface area contributed by atoms with E-state index in [0.717, 1.165) is 48.3 Å². The number of allylic oxidation sites excluding steroid dienone is 1. The number of ether oxygens (including phenoxy) is 1. The summed E-state index contributed by atoms with van der Waals surface area (Å²) in [4.78, 5) is 24.6. The number of methoxy groups -OCH3 is 1. The molecule has 10 heteroatoms. The number of rotatable bonds is 7. The van der Waals surface area contributed by atoms with E-state index in [4.69, 9.17) is 26.7 Å². The normalized spacial score (nSPS) is 17.0. The number of aromatic nitrogens is 2. The van der Waals surface area contributed by atoms with Gasteiger partial charge in [0.2, 0.25) is 5.95 Å². The molecular formula is C31H36ClN7O2. The van der Waals surface area contributed by atoms with E-state index in [0.29, 0.717) is 57.8 Å². The molecule has 0 unspecified atom stereocenters. The van der Waals surface area contributed by atoms with Gasteiger partial charge in [0.1, 0.15) is 5.75 Å². The molecule has 1 aliphatic heterocycles. The number of nitrogens with zero attached hydrogens (tertiary/aromatic N) is 3. The van der Waals surface area contributed by atoms with E-state index >= 15 is 0 Å². The molecule has 0 atom stereocenters. The Morgan fingerprint density at radius 2 is 1.95 bits per heavy atom. The molecule has 5 rings (SSSR count). The molecule has 1 aliphatic carbocycles. The van der Waals surface area contributed by atoms with E-state index in [1.54, 1.807) is 31.5 Å². The highest BCUT2D eigenvalue weighted by atomic mass is 35.5. The van der Waals surface area contributed by atoms with Crippen molar-refractivity contribution in [2.45, 2.75) is 38.6 Å². The van der Waals surface area contributed by atoms with Crippen LogP contribution in [0.4, 0.5) is 11.6 Å². The first-order chi connectivity index (χ1) is 19.8. The topological polar surface area (TPSA) is 115 Å². The van der Waals surface area contributed by atoms with Crippen LogP contribution in [-0.4, -0.2) is 66.8 Å². The summed E-state index contributed by atoms with van der Waals surface area (Å²) in [5, 5.41) is 19.1. The van der Waals surface area contributed by atoms with Crippen LogP contribution < -0.4 is 20.7 Å². The van der Waals surface area contributed by atoms with Crippen LogP contribution in [0.1, 0.15) is 52.0 Å². The highest BCUT2D eigenvalue weighted by molar-refractivity contribution is 6.35. The first-order valence-electron chi connectivity index (χ1n) is 13.8. The summed E-state index contributed by atoms with van der Waals surface area (Å²) >= 11 is 6.69. The van der Waals surface area contributed by atoms with Gasteiger partial charge in [0.05, 0.1) is 29.2 Å². The summed E-state index contributed by atoms with van der Waals surface area (Å²) in [5.74, 6) is 0.758. The van der Waals surface area contributed by atoms with E-state index < -0.39 is 0 Å². The fourth-order valence-corrected chi connectivity index (χ4v) is 5.60. The van der Waals surface area contributed by atoms with E-state index in [9.17, 15) is 4.79 Å². The number of nitrogens with one attached hydrogen (secondary N) is 4. The SMILES string of the molecule is CN/C(=C1\C(=N)CCc2cnc(Nc3ccc(C(=O)NC4CCN(C)CC4)cc3OC)nc21)c1cccc(C)c1Cl. The minimum atomic E-state index is -0.114. The van der Waals surface area contributed by atoms with Gasteiger partial charge in [-0.3, -0.25) is 4.79 Å². The summed E-state index contributed by atoms with van der Waals surface area (Å²) in [5.41, 5.74) is 6.56. The predicted octanol–water partition coefficient (Wildman–Crippen LogP) is 5.07. The molecule has 9 nitrogen and oxygen atoms in total. The molecule has 1 aromatic heterocycles. The second-order valence-corrected chi connectivity index (χ2v) is 11.0.